The molecule has 2 heterocycles. The third-order valence-electron chi connectivity index (χ3n) is 3.61. The Labute approximate surface area is 143 Å². The van der Waals surface area contributed by atoms with E-state index in [0.717, 1.165) is 39.0 Å². The highest BCUT2D eigenvalue weighted by atomic mass is 32.1. The molecule has 5 nitrogen and oxygen atoms in total. The zero-order valence-corrected chi connectivity index (χ0v) is 13.8. The zero-order chi connectivity index (χ0) is 16.4. The monoisotopic (exact) mass is 337 g/mol. The third kappa shape index (κ3) is 3.09. The van der Waals surface area contributed by atoms with Crippen molar-refractivity contribution in [3.8, 4) is 22.6 Å². The van der Waals surface area contributed by atoms with Crippen molar-refractivity contribution < 1.29 is 9.47 Å². The topological polar surface area (TPSA) is 55.7 Å². The summed E-state index contributed by atoms with van der Waals surface area (Å²) in [5, 5.41) is 6.99. The van der Waals surface area contributed by atoms with E-state index in [1.54, 1.807) is 6.21 Å². The molecule has 1 aliphatic heterocycles. The van der Waals surface area contributed by atoms with Crippen molar-refractivity contribution in [2.45, 2.75) is 6.92 Å². The largest absolute Gasteiger partial charge is 0.454 e. The first-order valence-corrected chi connectivity index (χ1v) is 8.37. The molecule has 0 fully saturated rings. The predicted molar refractivity (Wildman–Crippen MR) is 96.1 cm³/mol. The Balaban J connectivity index is 1.46. The summed E-state index contributed by atoms with van der Waals surface area (Å²) in [5.41, 5.74) is 7.16. The summed E-state index contributed by atoms with van der Waals surface area (Å²) in [7, 11) is 0. The van der Waals surface area contributed by atoms with Crippen molar-refractivity contribution in [2.75, 3.05) is 12.2 Å². The van der Waals surface area contributed by atoms with Crippen LogP contribution in [-0.2, 0) is 0 Å². The van der Waals surface area contributed by atoms with E-state index in [1.807, 2.05) is 42.6 Å². The molecule has 0 saturated heterocycles. The normalized spacial score (nSPS) is 12.7. The van der Waals surface area contributed by atoms with Gasteiger partial charge in [-0.1, -0.05) is 30.3 Å². The number of anilines is 1. The van der Waals surface area contributed by atoms with Crippen LogP contribution < -0.4 is 14.9 Å². The van der Waals surface area contributed by atoms with Crippen molar-refractivity contribution in [1.29, 1.82) is 0 Å². The van der Waals surface area contributed by atoms with Crippen molar-refractivity contribution in [1.82, 2.24) is 4.98 Å². The van der Waals surface area contributed by atoms with E-state index in [-0.39, 0.29) is 0 Å². The van der Waals surface area contributed by atoms with Crippen LogP contribution in [0, 0.1) is 6.92 Å². The summed E-state index contributed by atoms with van der Waals surface area (Å²) in [4.78, 5) is 4.30. The zero-order valence-electron chi connectivity index (χ0n) is 13.0. The molecule has 0 bridgehead atoms. The molecular formula is C18H15N3O2S. The average molecular weight is 337 g/mol. The minimum atomic E-state index is 0.291. The molecular weight excluding hydrogens is 322 g/mol. The van der Waals surface area contributed by atoms with Gasteiger partial charge < -0.3 is 9.47 Å². The molecule has 3 aromatic rings. The SMILES string of the molecule is Cc1csc(NN=Cc2ccc(-c3ccc4c(c3)OCO4)cc2)n1. The van der Waals surface area contributed by atoms with Crippen molar-refractivity contribution >= 4 is 22.7 Å². The maximum absolute atomic E-state index is 5.42. The number of hydrogen-bond acceptors (Lipinski definition) is 6. The second kappa shape index (κ2) is 6.33. The molecule has 0 spiro atoms. The van der Waals surface area contributed by atoms with E-state index in [2.05, 4.69) is 27.6 Å². The fourth-order valence-corrected chi connectivity index (χ4v) is 3.04. The van der Waals surface area contributed by atoms with Crippen LogP contribution in [0.2, 0.25) is 0 Å². The quantitative estimate of drug-likeness (QED) is 0.570. The molecule has 4 rings (SSSR count). The Morgan fingerprint density at radius 3 is 2.67 bits per heavy atom. The number of hydrogen-bond donors (Lipinski definition) is 1. The number of rotatable bonds is 4. The standard InChI is InChI=1S/C18H15N3O2S/c1-12-10-24-18(20-12)21-19-9-13-2-4-14(5-3-13)15-6-7-16-17(8-15)23-11-22-16/h2-10H,11H2,1H3,(H,20,21). The van der Waals surface area contributed by atoms with E-state index in [4.69, 9.17) is 9.47 Å². The smallest absolute Gasteiger partial charge is 0.231 e. The van der Waals surface area contributed by atoms with Crippen LogP contribution in [0.25, 0.3) is 11.1 Å². The Bertz CT molecular complexity index is 888. The maximum atomic E-state index is 5.42. The van der Waals surface area contributed by atoms with Gasteiger partial charge in [0.1, 0.15) is 0 Å². The minimum Gasteiger partial charge on any atom is -0.454 e. The van der Waals surface area contributed by atoms with Gasteiger partial charge in [0.15, 0.2) is 11.5 Å². The second-order valence-corrected chi connectivity index (χ2v) is 6.21. The first-order valence-electron chi connectivity index (χ1n) is 7.49. The number of aromatic nitrogens is 1. The van der Waals surface area contributed by atoms with E-state index in [9.17, 15) is 0 Å². The molecule has 120 valence electrons. The summed E-state index contributed by atoms with van der Waals surface area (Å²) in [6.45, 7) is 2.25. The van der Waals surface area contributed by atoms with Gasteiger partial charge in [-0.2, -0.15) is 5.10 Å². The lowest BCUT2D eigenvalue weighted by atomic mass is 10.0. The summed E-state index contributed by atoms with van der Waals surface area (Å²) in [6.07, 6.45) is 1.78. The van der Waals surface area contributed by atoms with Crippen LogP contribution >= 0.6 is 11.3 Å². The summed E-state index contributed by atoms with van der Waals surface area (Å²) >= 11 is 1.54. The lowest BCUT2D eigenvalue weighted by Crippen LogP contribution is -1.92. The van der Waals surface area contributed by atoms with Gasteiger partial charge in [0, 0.05) is 5.38 Å². The molecule has 0 atom stereocenters. The van der Waals surface area contributed by atoms with Gasteiger partial charge in [0.05, 0.1) is 11.9 Å². The number of fused-ring (bicyclic) bond motifs is 1. The van der Waals surface area contributed by atoms with Crippen molar-refractivity contribution in [3.63, 3.8) is 0 Å². The number of thiazole rings is 1. The highest BCUT2D eigenvalue weighted by molar-refractivity contribution is 7.13. The molecule has 1 N–H and O–H groups in total. The third-order valence-corrected chi connectivity index (χ3v) is 4.47. The molecule has 1 aliphatic rings. The Morgan fingerprint density at radius 2 is 1.88 bits per heavy atom. The van der Waals surface area contributed by atoms with E-state index < -0.39 is 0 Å². The minimum absolute atomic E-state index is 0.291. The van der Waals surface area contributed by atoms with Crippen LogP contribution in [0.4, 0.5) is 5.13 Å². The first kappa shape index (κ1) is 14.7. The summed E-state index contributed by atoms with van der Waals surface area (Å²) < 4.78 is 10.8. The molecule has 0 amide bonds. The van der Waals surface area contributed by atoms with Crippen LogP contribution in [0.5, 0.6) is 11.5 Å². The highest BCUT2D eigenvalue weighted by Crippen LogP contribution is 2.35. The van der Waals surface area contributed by atoms with E-state index >= 15 is 0 Å². The maximum Gasteiger partial charge on any atom is 0.231 e. The molecule has 2 aromatic carbocycles. The van der Waals surface area contributed by atoms with Gasteiger partial charge in [0.2, 0.25) is 11.9 Å². The molecule has 0 saturated carbocycles. The fourth-order valence-electron chi connectivity index (χ4n) is 2.41. The Morgan fingerprint density at radius 1 is 1.08 bits per heavy atom. The number of nitrogens with zero attached hydrogens (tertiary/aromatic N) is 2. The van der Waals surface area contributed by atoms with Crippen molar-refractivity contribution in [2.24, 2.45) is 5.10 Å². The number of benzene rings is 2. The molecule has 0 radical (unpaired) electrons. The summed E-state index contributed by atoms with van der Waals surface area (Å²) in [5.74, 6) is 1.59. The lowest BCUT2D eigenvalue weighted by molar-refractivity contribution is 0.174. The molecule has 24 heavy (non-hydrogen) atoms. The van der Waals surface area contributed by atoms with Crippen LogP contribution in [-0.4, -0.2) is 18.0 Å². The number of ether oxygens (including phenoxy) is 2. The van der Waals surface area contributed by atoms with Crippen molar-refractivity contribution in [3.05, 3.63) is 59.1 Å². The predicted octanol–water partition coefficient (Wildman–Crippen LogP) is 4.29. The van der Waals surface area contributed by atoms with E-state index in [0.29, 0.717) is 6.79 Å². The molecule has 0 aliphatic carbocycles. The average Bonchev–Trinajstić information content (AvgIpc) is 3.23. The number of aryl methyl sites for hydroxylation is 1. The molecule has 6 heteroatoms. The van der Waals surface area contributed by atoms with E-state index in [1.165, 1.54) is 11.3 Å². The van der Waals surface area contributed by atoms with Crippen LogP contribution in [0.3, 0.4) is 0 Å². The lowest BCUT2D eigenvalue weighted by Gasteiger charge is -2.04. The Hall–Kier alpha value is -2.86. The second-order valence-electron chi connectivity index (χ2n) is 5.35. The van der Waals surface area contributed by atoms with Crippen LogP contribution in [0.1, 0.15) is 11.3 Å². The van der Waals surface area contributed by atoms with Gasteiger partial charge in [-0.15, -0.1) is 11.3 Å². The molecule has 1 aromatic heterocycles. The van der Waals surface area contributed by atoms with Gasteiger partial charge in [0.25, 0.3) is 0 Å². The fraction of sp³-hybridized carbons (Fsp3) is 0.111. The number of nitrogens with one attached hydrogen (secondary N) is 1. The molecule has 0 unspecified atom stereocenters. The van der Waals surface area contributed by atoms with Gasteiger partial charge in [-0.05, 0) is 35.7 Å². The first-order chi connectivity index (χ1) is 11.8. The Kier molecular flexibility index (Phi) is 3.88. The summed E-state index contributed by atoms with van der Waals surface area (Å²) in [6, 6.07) is 14.1. The van der Waals surface area contributed by atoms with Crippen LogP contribution in [0.15, 0.2) is 52.9 Å². The van der Waals surface area contributed by atoms with Gasteiger partial charge in [-0.25, -0.2) is 4.98 Å². The van der Waals surface area contributed by atoms with Gasteiger partial charge >= 0.3 is 0 Å². The van der Waals surface area contributed by atoms with Gasteiger partial charge in [-0.3, -0.25) is 5.43 Å². The highest BCUT2D eigenvalue weighted by Gasteiger charge is 2.13. The number of hydrazone groups is 1.